The molecule has 17 heavy (non-hydrogen) atoms. The fraction of sp³-hybridized carbons (Fsp3) is 0.364. The molecule has 5 nitrogen and oxygen atoms in total. The van der Waals surface area contributed by atoms with Crippen molar-refractivity contribution in [3.63, 3.8) is 0 Å². The number of ether oxygens (including phenoxy) is 1. The van der Waals surface area contributed by atoms with Crippen molar-refractivity contribution < 1.29 is 13.7 Å². The van der Waals surface area contributed by atoms with Crippen LogP contribution in [0.1, 0.15) is 5.56 Å². The van der Waals surface area contributed by atoms with Crippen LogP contribution in [-0.2, 0) is 26.9 Å². The smallest absolute Gasteiger partial charge is 0.310 e. The molecule has 4 N–H and O–H groups in total. The standard InChI is InChI=1S/C11H16N2O3S/c1-16-11(14)9(7-12)5-8-3-2-4-10(6-8)17(13)15/h2-4,6,9H,5,7,12-13H2,1H3. The number of hydrogen-bond acceptors (Lipinski definition) is 4. The first-order valence-corrected chi connectivity index (χ1v) is 6.32. The van der Waals surface area contributed by atoms with Gasteiger partial charge in [0.1, 0.15) is 11.0 Å². The van der Waals surface area contributed by atoms with E-state index in [4.69, 9.17) is 10.9 Å². The zero-order valence-corrected chi connectivity index (χ0v) is 10.4. The largest absolute Gasteiger partial charge is 0.469 e. The van der Waals surface area contributed by atoms with Gasteiger partial charge in [-0.25, -0.2) is 9.35 Å². The Bertz CT molecular complexity index is 423. The Morgan fingerprint density at radius 1 is 1.53 bits per heavy atom. The van der Waals surface area contributed by atoms with Crippen molar-refractivity contribution in [2.75, 3.05) is 13.7 Å². The monoisotopic (exact) mass is 256 g/mol. The van der Waals surface area contributed by atoms with Crippen molar-refractivity contribution in [3.8, 4) is 0 Å². The molecule has 0 saturated carbocycles. The van der Waals surface area contributed by atoms with E-state index in [1.807, 2.05) is 6.07 Å². The predicted molar refractivity (Wildman–Crippen MR) is 65.3 cm³/mol. The first kappa shape index (κ1) is 13.8. The number of esters is 1. The average molecular weight is 256 g/mol. The molecule has 0 radical (unpaired) electrons. The molecule has 0 saturated heterocycles. The number of hydrogen-bond donors (Lipinski definition) is 2. The maximum absolute atomic E-state index is 11.4. The van der Waals surface area contributed by atoms with E-state index in [9.17, 15) is 9.00 Å². The molecular weight excluding hydrogens is 240 g/mol. The zero-order valence-electron chi connectivity index (χ0n) is 9.59. The van der Waals surface area contributed by atoms with Crippen LogP contribution in [0.2, 0.25) is 0 Å². The lowest BCUT2D eigenvalue weighted by molar-refractivity contribution is -0.145. The van der Waals surface area contributed by atoms with Gasteiger partial charge in [-0.2, -0.15) is 0 Å². The van der Waals surface area contributed by atoms with Gasteiger partial charge in [-0.1, -0.05) is 12.1 Å². The minimum Gasteiger partial charge on any atom is -0.469 e. The lowest BCUT2D eigenvalue weighted by Crippen LogP contribution is -2.26. The topological polar surface area (TPSA) is 95.4 Å². The molecule has 0 aliphatic rings. The highest BCUT2D eigenvalue weighted by atomic mass is 32.2. The molecule has 1 rings (SSSR count). The van der Waals surface area contributed by atoms with Crippen molar-refractivity contribution >= 4 is 17.0 Å². The molecule has 0 bridgehead atoms. The summed E-state index contributed by atoms with van der Waals surface area (Å²) in [5, 5.41) is 5.29. The first-order valence-electron chi connectivity index (χ1n) is 5.11. The minimum atomic E-state index is -1.52. The molecule has 0 amide bonds. The molecule has 0 heterocycles. The Hall–Kier alpha value is -1.24. The van der Waals surface area contributed by atoms with Gasteiger partial charge in [-0.3, -0.25) is 4.79 Å². The van der Waals surface area contributed by atoms with Gasteiger partial charge in [0.2, 0.25) is 0 Å². The summed E-state index contributed by atoms with van der Waals surface area (Å²) in [7, 11) is -0.186. The van der Waals surface area contributed by atoms with Gasteiger partial charge in [-0.05, 0) is 24.1 Å². The van der Waals surface area contributed by atoms with Crippen LogP contribution in [0.4, 0.5) is 0 Å². The van der Waals surface area contributed by atoms with Crippen LogP contribution in [0.25, 0.3) is 0 Å². The quantitative estimate of drug-likeness (QED) is 0.722. The van der Waals surface area contributed by atoms with E-state index < -0.39 is 11.0 Å². The molecule has 2 atom stereocenters. The van der Waals surface area contributed by atoms with Crippen molar-refractivity contribution in [1.29, 1.82) is 0 Å². The second kappa shape index (κ2) is 6.48. The van der Waals surface area contributed by atoms with E-state index in [2.05, 4.69) is 4.74 Å². The number of carbonyl (C=O) groups is 1. The van der Waals surface area contributed by atoms with Gasteiger partial charge >= 0.3 is 5.97 Å². The average Bonchev–Trinajstić information content (AvgIpc) is 2.35. The number of benzene rings is 1. The van der Waals surface area contributed by atoms with Crippen LogP contribution in [0, 0.1) is 5.92 Å². The second-order valence-corrected chi connectivity index (χ2v) is 4.67. The van der Waals surface area contributed by atoms with Crippen molar-refractivity contribution in [1.82, 2.24) is 0 Å². The lowest BCUT2D eigenvalue weighted by Gasteiger charge is -2.12. The van der Waals surface area contributed by atoms with Gasteiger partial charge in [0.25, 0.3) is 0 Å². The third kappa shape index (κ3) is 3.92. The maximum Gasteiger partial charge on any atom is 0.310 e. The van der Waals surface area contributed by atoms with Gasteiger partial charge in [0.15, 0.2) is 0 Å². The Balaban J connectivity index is 2.83. The van der Waals surface area contributed by atoms with Crippen molar-refractivity contribution in [2.24, 2.45) is 16.8 Å². The fourth-order valence-corrected chi connectivity index (χ4v) is 1.99. The Kier molecular flexibility index (Phi) is 5.27. The molecule has 0 aliphatic heterocycles. The highest BCUT2D eigenvalue weighted by Gasteiger charge is 2.18. The van der Waals surface area contributed by atoms with E-state index in [-0.39, 0.29) is 18.4 Å². The minimum absolute atomic E-state index is 0.211. The third-order valence-electron chi connectivity index (χ3n) is 2.43. The molecule has 6 heteroatoms. The van der Waals surface area contributed by atoms with Crippen LogP contribution in [0.15, 0.2) is 29.2 Å². The summed E-state index contributed by atoms with van der Waals surface area (Å²) in [4.78, 5) is 11.9. The van der Waals surface area contributed by atoms with E-state index >= 15 is 0 Å². The maximum atomic E-state index is 11.4. The third-order valence-corrected chi connectivity index (χ3v) is 3.15. The summed E-state index contributed by atoms with van der Waals surface area (Å²) < 4.78 is 15.8. The fourth-order valence-electron chi connectivity index (χ4n) is 1.51. The predicted octanol–water partition coefficient (Wildman–Crippen LogP) is -0.0417. The highest BCUT2D eigenvalue weighted by Crippen LogP contribution is 2.13. The van der Waals surface area contributed by atoms with E-state index in [0.29, 0.717) is 11.3 Å². The lowest BCUT2D eigenvalue weighted by atomic mass is 10.00. The summed E-state index contributed by atoms with van der Waals surface area (Å²) in [6, 6.07) is 6.97. The van der Waals surface area contributed by atoms with Crippen LogP contribution in [0.3, 0.4) is 0 Å². The molecule has 1 aromatic carbocycles. The van der Waals surface area contributed by atoms with Crippen molar-refractivity contribution in [2.45, 2.75) is 11.3 Å². The summed E-state index contributed by atoms with van der Waals surface area (Å²) in [5.41, 5.74) is 6.37. The summed E-state index contributed by atoms with van der Waals surface area (Å²) >= 11 is 0. The molecular formula is C11H16N2O3S. The molecule has 2 unspecified atom stereocenters. The summed E-state index contributed by atoms with van der Waals surface area (Å²) in [6.45, 7) is 0.211. The van der Waals surface area contributed by atoms with Crippen LogP contribution < -0.4 is 10.9 Å². The Morgan fingerprint density at radius 3 is 2.76 bits per heavy atom. The van der Waals surface area contributed by atoms with Gasteiger partial charge in [-0.15, -0.1) is 0 Å². The molecule has 0 aromatic heterocycles. The number of rotatable bonds is 5. The van der Waals surface area contributed by atoms with Gasteiger partial charge in [0.05, 0.1) is 17.9 Å². The van der Waals surface area contributed by atoms with E-state index in [1.165, 1.54) is 7.11 Å². The molecule has 0 aliphatic carbocycles. The first-order chi connectivity index (χ1) is 8.08. The second-order valence-electron chi connectivity index (χ2n) is 3.60. The molecule has 0 fully saturated rings. The normalized spacial score (nSPS) is 14.1. The number of methoxy groups -OCH3 is 1. The Labute approximate surface area is 103 Å². The molecule has 1 aromatic rings. The summed E-state index contributed by atoms with van der Waals surface area (Å²) in [5.74, 6) is -0.728. The number of nitrogens with two attached hydrogens (primary N) is 2. The zero-order chi connectivity index (χ0) is 12.8. The van der Waals surface area contributed by atoms with Crippen LogP contribution in [0.5, 0.6) is 0 Å². The Morgan fingerprint density at radius 2 is 2.24 bits per heavy atom. The van der Waals surface area contributed by atoms with Gasteiger partial charge < -0.3 is 10.5 Å². The van der Waals surface area contributed by atoms with Crippen LogP contribution >= 0.6 is 0 Å². The highest BCUT2D eigenvalue weighted by molar-refractivity contribution is 7.82. The van der Waals surface area contributed by atoms with E-state index in [0.717, 1.165) is 5.56 Å². The SMILES string of the molecule is COC(=O)C(CN)Cc1cccc(S(N)=O)c1. The molecule has 0 spiro atoms. The number of carbonyl (C=O) groups excluding carboxylic acids is 1. The summed E-state index contributed by atoms with van der Waals surface area (Å²) in [6.07, 6.45) is 0.453. The van der Waals surface area contributed by atoms with Gasteiger partial charge in [0, 0.05) is 6.54 Å². The van der Waals surface area contributed by atoms with Crippen LogP contribution in [-0.4, -0.2) is 23.8 Å². The molecule has 94 valence electrons. The van der Waals surface area contributed by atoms with E-state index in [1.54, 1.807) is 18.2 Å². The van der Waals surface area contributed by atoms with Crippen molar-refractivity contribution in [3.05, 3.63) is 29.8 Å².